The molecule has 2 heterocycles. The van der Waals surface area contributed by atoms with E-state index in [0.29, 0.717) is 29.9 Å². The second-order valence-corrected chi connectivity index (χ2v) is 7.80. The van der Waals surface area contributed by atoms with Gasteiger partial charge in [0, 0.05) is 35.9 Å². The van der Waals surface area contributed by atoms with Gasteiger partial charge in [-0.25, -0.2) is 0 Å². The number of nitrogens with zero attached hydrogens (tertiary/aromatic N) is 2. The fraction of sp³-hybridized carbons (Fsp3) is 0.240. The lowest BCUT2D eigenvalue weighted by molar-refractivity contribution is -0.274. The van der Waals surface area contributed by atoms with Crippen LogP contribution in [0.4, 0.5) is 13.2 Å². The molecule has 0 fully saturated rings. The molecule has 7 heteroatoms. The first-order valence-corrected chi connectivity index (χ1v) is 10.2. The molecule has 2 aromatic carbocycles. The lowest BCUT2D eigenvalue weighted by Crippen LogP contribution is -2.17. The van der Waals surface area contributed by atoms with Gasteiger partial charge in [-0.05, 0) is 47.4 Å². The van der Waals surface area contributed by atoms with E-state index in [9.17, 15) is 18.0 Å². The first-order valence-electron chi connectivity index (χ1n) is 10.2. The van der Waals surface area contributed by atoms with E-state index in [1.54, 1.807) is 6.20 Å². The third-order valence-corrected chi connectivity index (χ3v) is 5.35. The Morgan fingerprint density at radius 2 is 1.81 bits per heavy atom. The van der Waals surface area contributed by atoms with Crippen molar-refractivity contribution in [1.29, 1.82) is 0 Å². The Bertz CT molecular complexity index is 1140. The van der Waals surface area contributed by atoms with Crippen LogP contribution in [0.5, 0.6) is 5.75 Å². The molecular formula is C25H21F3N2O2. The summed E-state index contributed by atoms with van der Waals surface area (Å²) in [4.78, 5) is 21.5. The van der Waals surface area contributed by atoms with Crippen molar-refractivity contribution in [3.8, 4) is 5.75 Å². The van der Waals surface area contributed by atoms with E-state index in [1.165, 1.54) is 24.3 Å². The number of carbonyl (C=O) groups excluding carboxylic acids is 1. The normalized spacial score (nSPS) is 13.9. The van der Waals surface area contributed by atoms with Crippen LogP contribution >= 0.6 is 0 Å². The number of benzene rings is 2. The molecule has 1 aliphatic heterocycles. The van der Waals surface area contributed by atoms with Crippen LogP contribution in [0.2, 0.25) is 0 Å². The van der Waals surface area contributed by atoms with Crippen LogP contribution in [0, 0.1) is 0 Å². The number of fused-ring (bicyclic) bond motifs is 1. The molecule has 0 saturated carbocycles. The monoisotopic (exact) mass is 438 g/mol. The molecule has 0 aliphatic carbocycles. The van der Waals surface area contributed by atoms with Gasteiger partial charge in [0.2, 0.25) is 0 Å². The van der Waals surface area contributed by atoms with Gasteiger partial charge in [-0.2, -0.15) is 0 Å². The van der Waals surface area contributed by atoms with Crippen molar-refractivity contribution in [1.82, 2.24) is 4.98 Å². The van der Waals surface area contributed by atoms with Crippen LogP contribution in [0.15, 0.2) is 71.9 Å². The number of aliphatic imine (C=N–C) groups is 1. The van der Waals surface area contributed by atoms with E-state index in [4.69, 9.17) is 0 Å². The highest BCUT2D eigenvalue weighted by molar-refractivity contribution is 6.15. The van der Waals surface area contributed by atoms with Crippen LogP contribution in [0.25, 0.3) is 0 Å². The average molecular weight is 438 g/mol. The quantitative estimate of drug-likeness (QED) is 0.480. The number of ketones is 1. The largest absolute Gasteiger partial charge is 0.573 e. The lowest BCUT2D eigenvalue weighted by atomic mass is 9.94. The molecule has 0 spiro atoms. The fourth-order valence-electron chi connectivity index (χ4n) is 3.81. The Labute approximate surface area is 183 Å². The molecule has 0 radical (unpaired) electrons. The predicted octanol–water partition coefficient (Wildman–Crippen LogP) is 5.64. The molecule has 4 nitrogen and oxygen atoms in total. The van der Waals surface area contributed by atoms with Crippen LogP contribution in [-0.2, 0) is 17.8 Å². The summed E-state index contributed by atoms with van der Waals surface area (Å²) in [5.74, 6) is -0.0256. The van der Waals surface area contributed by atoms with Crippen molar-refractivity contribution in [3.63, 3.8) is 0 Å². The first-order chi connectivity index (χ1) is 15.3. The van der Waals surface area contributed by atoms with Crippen molar-refractivity contribution in [2.45, 2.75) is 38.6 Å². The van der Waals surface area contributed by atoms with Crippen molar-refractivity contribution in [3.05, 3.63) is 94.8 Å². The molecule has 3 aromatic rings. The third-order valence-electron chi connectivity index (χ3n) is 5.35. The Morgan fingerprint density at radius 1 is 1.09 bits per heavy atom. The van der Waals surface area contributed by atoms with Gasteiger partial charge < -0.3 is 4.74 Å². The Hall–Kier alpha value is -3.48. The highest BCUT2D eigenvalue weighted by atomic mass is 19.4. The number of rotatable bonds is 7. The minimum atomic E-state index is -4.73. The van der Waals surface area contributed by atoms with Crippen LogP contribution in [0.1, 0.15) is 47.2 Å². The van der Waals surface area contributed by atoms with Gasteiger partial charge in [0.25, 0.3) is 0 Å². The number of ether oxygens (including phenoxy) is 1. The van der Waals surface area contributed by atoms with E-state index in [-0.39, 0.29) is 23.9 Å². The van der Waals surface area contributed by atoms with Crippen LogP contribution < -0.4 is 4.74 Å². The molecule has 1 atom stereocenters. The number of Topliss-reactive ketones (excluding diaryl/α,β-unsaturated/α-hetero) is 1. The highest BCUT2D eigenvalue weighted by Gasteiger charge is 2.31. The average Bonchev–Trinajstić information content (AvgIpc) is 3.17. The van der Waals surface area contributed by atoms with Gasteiger partial charge in [0.05, 0.1) is 12.3 Å². The molecule has 164 valence electrons. The number of hydrogen-bond donors (Lipinski definition) is 0. The predicted molar refractivity (Wildman–Crippen MR) is 115 cm³/mol. The third kappa shape index (κ3) is 5.22. The van der Waals surface area contributed by atoms with Crippen LogP contribution in [0.3, 0.4) is 0 Å². The lowest BCUT2D eigenvalue weighted by Gasteiger charge is -2.11. The van der Waals surface area contributed by atoms with Gasteiger partial charge in [-0.3, -0.25) is 14.8 Å². The van der Waals surface area contributed by atoms with Crippen molar-refractivity contribution >= 4 is 11.5 Å². The molecule has 4 rings (SSSR count). The van der Waals surface area contributed by atoms with Gasteiger partial charge in [0.1, 0.15) is 11.5 Å². The zero-order valence-electron chi connectivity index (χ0n) is 17.4. The molecule has 1 aromatic heterocycles. The summed E-state index contributed by atoms with van der Waals surface area (Å²) in [6, 6.07) is 17.4. The van der Waals surface area contributed by atoms with Crippen molar-refractivity contribution in [2.24, 2.45) is 4.99 Å². The van der Waals surface area contributed by atoms with Gasteiger partial charge >= 0.3 is 6.36 Å². The van der Waals surface area contributed by atoms with E-state index in [1.807, 2.05) is 43.3 Å². The number of alkyl halides is 3. The first kappa shape index (κ1) is 21.7. The molecule has 0 amide bonds. The molecule has 32 heavy (non-hydrogen) atoms. The van der Waals surface area contributed by atoms with E-state index >= 15 is 0 Å². The maximum Gasteiger partial charge on any atom is 0.573 e. The summed E-state index contributed by atoms with van der Waals surface area (Å²) < 4.78 is 41.0. The van der Waals surface area contributed by atoms with E-state index < -0.39 is 6.36 Å². The fourth-order valence-corrected chi connectivity index (χ4v) is 3.81. The van der Waals surface area contributed by atoms with Gasteiger partial charge in [0.15, 0.2) is 0 Å². The molecule has 0 bridgehead atoms. The number of hydrogen-bond acceptors (Lipinski definition) is 4. The standard InChI is InChI=1S/C25H21F3N2O2/c1-16(17-5-3-2-4-6-17)11-21(31)13-20-12-19-14-30-24(23(19)15-29-20)18-7-9-22(10-8-18)32-25(26,27)28/h2-10,12,15-16H,11,13-14H2,1H3/t16-/m0/s1. The molecule has 0 unspecified atom stereocenters. The SMILES string of the molecule is C[C@@H](CC(=O)Cc1cc2c(cn1)C(c1ccc(OC(F)(F)F)cc1)=NC2)c1ccccc1. The second kappa shape index (κ2) is 8.94. The minimum Gasteiger partial charge on any atom is -0.406 e. The molecule has 1 aliphatic rings. The van der Waals surface area contributed by atoms with Gasteiger partial charge in [-0.15, -0.1) is 13.2 Å². The van der Waals surface area contributed by atoms with Gasteiger partial charge in [-0.1, -0.05) is 37.3 Å². The topological polar surface area (TPSA) is 51.5 Å². The molecule has 0 saturated heterocycles. The summed E-state index contributed by atoms with van der Waals surface area (Å²) in [6.07, 6.45) is -2.35. The summed E-state index contributed by atoms with van der Waals surface area (Å²) in [5.41, 5.74) is 4.95. The summed E-state index contributed by atoms with van der Waals surface area (Å²) in [5, 5.41) is 0. The summed E-state index contributed by atoms with van der Waals surface area (Å²) in [6.45, 7) is 2.48. The number of pyridine rings is 1. The Kier molecular flexibility index (Phi) is 6.08. The zero-order valence-corrected chi connectivity index (χ0v) is 17.4. The van der Waals surface area contributed by atoms with E-state index in [0.717, 1.165) is 16.7 Å². The smallest absolute Gasteiger partial charge is 0.406 e. The van der Waals surface area contributed by atoms with Crippen molar-refractivity contribution in [2.75, 3.05) is 0 Å². The van der Waals surface area contributed by atoms with Crippen molar-refractivity contribution < 1.29 is 22.7 Å². The Balaban J connectivity index is 1.41. The Morgan fingerprint density at radius 3 is 2.50 bits per heavy atom. The maximum absolute atomic E-state index is 12.6. The summed E-state index contributed by atoms with van der Waals surface area (Å²) in [7, 11) is 0. The highest BCUT2D eigenvalue weighted by Crippen LogP contribution is 2.27. The zero-order chi connectivity index (χ0) is 22.7. The number of aromatic nitrogens is 1. The number of carbonyl (C=O) groups is 1. The summed E-state index contributed by atoms with van der Waals surface area (Å²) >= 11 is 0. The van der Waals surface area contributed by atoms with E-state index in [2.05, 4.69) is 14.7 Å². The molecule has 0 N–H and O–H groups in total. The number of halogens is 3. The maximum atomic E-state index is 12.6. The van der Waals surface area contributed by atoms with Crippen LogP contribution in [-0.4, -0.2) is 22.8 Å². The minimum absolute atomic E-state index is 0.119. The second-order valence-electron chi connectivity index (χ2n) is 7.80. The molecular weight excluding hydrogens is 417 g/mol.